The van der Waals surface area contributed by atoms with Crippen LogP contribution in [0.3, 0.4) is 0 Å². The summed E-state index contributed by atoms with van der Waals surface area (Å²) in [7, 11) is 0. The van der Waals surface area contributed by atoms with Crippen molar-refractivity contribution in [2.75, 3.05) is 0 Å². The van der Waals surface area contributed by atoms with E-state index >= 15 is 0 Å². The van der Waals surface area contributed by atoms with Gasteiger partial charge in [-0.05, 0) is 23.8 Å². The van der Waals surface area contributed by atoms with E-state index in [0.717, 1.165) is 10.4 Å². The minimum atomic E-state index is 0.674. The van der Waals surface area contributed by atoms with E-state index in [1.165, 1.54) is 0 Å². The third-order valence-electron chi connectivity index (χ3n) is 1.65. The molecule has 1 heterocycles. The van der Waals surface area contributed by atoms with E-state index in [1.54, 1.807) is 0 Å². The molecule has 4 nitrogen and oxygen atoms in total. The summed E-state index contributed by atoms with van der Waals surface area (Å²) in [4.78, 5) is 0.796. The first-order valence-corrected chi connectivity index (χ1v) is 3.29. The van der Waals surface area contributed by atoms with E-state index in [1.807, 2.05) is 25.1 Å². The van der Waals surface area contributed by atoms with Crippen LogP contribution in [-0.4, -0.2) is 20.4 Å². The zero-order valence-corrected chi connectivity index (χ0v) is 6.02. The predicted octanol–water partition coefficient (Wildman–Crippen LogP) is 0.977. The van der Waals surface area contributed by atoms with Gasteiger partial charge in [0.05, 0.1) is 0 Å². The van der Waals surface area contributed by atoms with Crippen LogP contribution in [0.15, 0.2) is 18.2 Å². The standard InChI is InChI=1S/C7H7N3O/c1-5-3-2-4-6-7(5)10(11)9-8-6/h2-4,11H,1H3. The van der Waals surface area contributed by atoms with Crippen LogP contribution in [0.1, 0.15) is 5.56 Å². The number of hydrogen-bond donors (Lipinski definition) is 1. The van der Waals surface area contributed by atoms with E-state index in [4.69, 9.17) is 5.21 Å². The van der Waals surface area contributed by atoms with E-state index in [2.05, 4.69) is 10.3 Å². The summed E-state index contributed by atoms with van der Waals surface area (Å²) >= 11 is 0. The van der Waals surface area contributed by atoms with Crippen LogP contribution >= 0.6 is 0 Å². The highest BCUT2D eigenvalue weighted by Crippen LogP contribution is 2.13. The van der Waals surface area contributed by atoms with Gasteiger partial charge in [-0.25, -0.2) is 0 Å². The lowest BCUT2D eigenvalue weighted by molar-refractivity contribution is 0.154. The van der Waals surface area contributed by atoms with Gasteiger partial charge in [0.15, 0.2) is 0 Å². The predicted molar refractivity (Wildman–Crippen MR) is 39.4 cm³/mol. The van der Waals surface area contributed by atoms with E-state index in [9.17, 15) is 0 Å². The van der Waals surface area contributed by atoms with Gasteiger partial charge in [0.2, 0.25) is 0 Å². The molecule has 1 aromatic carbocycles. The van der Waals surface area contributed by atoms with Gasteiger partial charge in [0.1, 0.15) is 11.0 Å². The Morgan fingerprint density at radius 1 is 1.45 bits per heavy atom. The number of benzene rings is 1. The normalized spacial score (nSPS) is 10.6. The third kappa shape index (κ3) is 0.756. The van der Waals surface area contributed by atoms with Crippen molar-refractivity contribution in [3.63, 3.8) is 0 Å². The quantitative estimate of drug-likeness (QED) is 0.568. The average Bonchev–Trinajstić information content (AvgIpc) is 2.34. The minimum Gasteiger partial charge on any atom is -0.410 e. The van der Waals surface area contributed by atoms with Gasteiger partial charge in [-0.1, -0.05) is 17.0 Å². The summed E-state index contributed by atoms with van der Waals surface area (Å²) in [5, 5.41) is 16.4. The molecule has 0 radical (unpaired) electrons. The Bertz CT molecular complexity index is 393. The molecule has 0 aliphatic carbocycles. The molecule has 2 aromatic rings. The second kappa shape index (κ2) is 1.95. The molecule has 1 N–H and O–H groups in total. The Labute approximate surface area is 63.0 Å². The Morgan fingerprint density at radius 3 is 3.00 bits per heavy atom. The first-order chi connectivity index (χ1) is 5.29. The van der Waals surface area contributed by atoms with Gasteiger partial charge in [-0.15, -0.1) is 5.10 Å². The molecule has 0 amide bonds. The largest absolute Gasteiger partial charge is 0.410 e. The topological polar surface area (TPSA) is 50.9 Å². The fourth-order valence-electron chi connectivity index (χ4n) is 1.12. The van der Waals surface area contributed by atoms with Crippen LogP contribution in [0.2, 0.25) is 0 Å². The highest BCUT2D eigenvalue weighted by atomic mass is 16.5. The van der Waals surface area contributed by atoms with Crippen molar-refractivity contribution < 1.29 is 5.21 Å². The third-order valence-corrected chi connectivity index (χ3v) is 1.65. The van der Waals surface area contributed by atoms with Crippen molar-refractivity contribution >= 4 is 11.0 Å². The molecule has 0 aliphatic heterocycles. The summed E-state index contributed by atoms with van der Waals surface area (Å²) in [5.41, 5.74) is 2.36. The van der Waals surface area contributed by atoms with Crippen LogP contribution < -0.4 is 0 Å². The molecule has 1 aromatic heterocycles. The van der Waals surface area contributed by atoms with Crippen LogP contribution in [0.25, 0.3) is 11.0 Å². The highest BCUT2D eigenvalue weighted by Gasteiger charge is 2.03. The smallest absolute Gasteiger partial charge is 0.133 e. The van der Waals surface area contributed by atoms with Gasteiger partial charge in [-0.3, -0.25) is 0 Å². The van der Waals surface area contributed by atoms with E-state index in [-0.39, 0.29) is 0 Å². The monoisotopic (exact) mass is 149 g/mol. The van der Waals surface area contributed by atoms with Gasteiger partial charge in [-0.2, -0.15) is 0 Å². The molecule has 56 valence electrons. The summed E-state index contributed by atoms with van der Waals surface area (Å²) in [6, 6.07) is 5.59. The Balaban J connectivity index is 2.96. The second-order valence-electron chi connectivity index (χ2n) is 2.42. The van der Waals surface area contributed by atoms with Crippen molar-refractivity contribution in [3.05, 3.63) is 23.8 Å². The molecule has 0 unspecified atom stereocenters. The van der Waals surface area contributed by atoms with Crippen LogP contribution in [0, 0.1) is 6.92 Å². The van der Waals surface area contributed by atoms with E-state index < -0.39 is 0 Å². The number of hydrogen-bond acceptors (Lipinski definition) is 3. The molecule has 0 aliphatic rings. The molecule has 11 heavy (non-hydrogen) atoms. The van der Waals surface area contributed by atoms with Crippen LogP contribution in [-0.2, 0) is 0 Å². The lowest BCUT2D eigenvalue weighted by Gasteiger charge is -1.93. The molecule has 0 atom stereocenters. The summed E-state index contributed by atoms with van der Waals surface area (Å²) in [5.74, 6) is 0. The Kier molecular flexibility index (Phi) is 1.09. The fraction of sp³-hybridized carbons (Fsp3) is 0.143. The summed E-state index contributed by atoms with van der Waals surface area (Å²) in [6.07, 6.45) is 0. The molecule has 2 rings (SSSR count). The molecule has 4 heteroatoms. The van der Waals surface area contributed by atoms with Crippen LogP contribution in [0.4, 0.5) is 0 Å². The molecule has 0 spiro atoms. The zero-order chi connectivity index (χ0) is 7.84. The van der Waals surface area contributed by atoms with E-state index in [0.29, 0.717) is 11.0 Å². The SMILES string of the molecule is Cc1cccc2nnn(O)c12. The number of nitrogens with zero attached hydrogens (tertiary/aromatic N) is 3. The number of aromatic nitrogens is 3. The van der Waals surface area contributed by atoms with Crippen molar-refractivity contribution in [1.82, 2.24) is 15.2 Å². The highest BCUT2D eigenvalue weighted by molar-refractivity contribution is 5.77. The van der Waals surface area contributed by atoms with Gasteiger partial charge >= 0.3 is 0 Å². The maximum atomic E-state index is 9.14. The van der Waals surface area contributed by atoms with Gasteiger partial charge in [0, 0.05) is 0 Å². The molecule has 0 saturated heterocycles. The molecule has 0 saturated carbocycles. The maximum absolute atomic E-state index is 9.14. The van der Waals surface area contributed by atoms with Crippen molar-refractivity contribution in [2.45, 2.75) is 6.92 Å². The molecular formula is C7H7N3O. The molecular weight excluding hydrogens is 142 g/mol. The maximum Gasteiger partial charge on any atom is 0.133 e. The lowest BCUT2D eigenvalue weighted by Crippen LogP contribution is -1.92. The number of rotatable bonds is 0. The second-order valence-corrected chi connectivity index (χ2v) is 2.42. The lowest BCUT2D eigenvalue weighted by atomic mass is 10.2. The average molecular weight is 149 g/mol. The molecule has 0 fully saturated rings. The van der Waals surface area contributed by atoms with Crippen molar-refractivity contribution in [3.8, 4) is 0 Å². The van der Waals surface area contributed by atoms with Gasteiger partial charge < -0.3 is 5.21 Å². The number of aryl methyl sites for hydroxylation is 1. The first-order valence-electron chi connectivity index (χ1n) is 3.29. The van der Waals surface area contributed by atoms with Gasteiger partial charge in [0.25, 0.3) is 0 Å². The fourth-order valence-corrected chi connectivity index (χ4v) is 1.12. The minimum absolute atomic E-state index is 0.674. The summed E-state index contributed by atoms with van der Waals surface area (Å²) < 4.78 is 0. The Morgan fingerprint density at radius 2 is 2.27 bits per heavy atom. The summed E-state index contributed by atoms with van der Waals surface area (Å²) in [6.45, 7) is 1.90. The zero-order valence-electron chi connectivity index (χ0n) is 6.02. The van der Waals surface area contributed by atoms with Crippen molar-refractivity contribution in [1.29, 1.82) is 0 Å². The molecule has 0 bridgehead atoms. The first kappa shape index (κ1) is 6.15. The van der Waals surface area contributed by atoms with Crippen molar-refractivity contribution in [2.24, 2.45) is 0 Å². The van der Waals surface area contributed by atoms with Crippen LogP contribution in [0.5, 0.6) is 0 Å². The Hall–Kier alpha value is -1.58. The number of fused-ring (bicyclic) bond motifs is 1. The number of para-hydroxylation sites is 1.